The van der Waals surface area contributed by atoms with Gasteiger partial charge >= 0.3 is 0 Å². The van der Waals surface area contributed by atoms with Gasteiger partial charge in [0.2, 0.25) is 11.8 Å². The first-order chi connectivity index (χ1) is 8.90. The molecule has 0 aromatic carbocycles. The van der Waals surface area contributed by atoms with E-state index in [-0.39, 0.29) is 16.9 Å². The quantitative estimate of drug-likeness (QED) is 0.761. The van der Waals surface area contributed by atoms with Crippen molar-refractivity contribution in [3.05, 3.63) is 12.2 Å². The Kier molecular flexibility index (Phi) is 6.45. The van der Waals surface area contributed by atoms with Crippen molar-refractivity contribution in [1.82, 2.24) is 5.32 Å². The lowest BCUT2D eigenvalue weighted by molar-refractivity contribution is -0.138. The molecule has 116 valence electrons. The lowest BCUT2D eigenvalue weighted by Gasteiger charge is -2.36. The molecule has 4 nitrogen and oxygen atoms in total. The van der Waals surface area contributed by atoms with Crippen LogP contribution in [0.5, 0.6) is 0 Å². The fourth-order valence-corrected chi connectivity index (χ4v) is 2.33. The van der Waals surface area contributed by atoms with Crippen molar-refractivity contribution < 1.29 is 9.59 Å². The Morgan fingerprint density at radius 3 is 1.95 bits per heavy atom. The maximum atomic E-state index is 12.6. The Hall–Kier alpha value is -1.32. The second-order valence-electron chi connectivity index (χ2n) is 7.40. The Labute approximate surface area is 123 Å². The van der Waals surface area contributed by atoms with Crippen molar-refractivity contribution in [2.45, 2.75) is 60.4 Å². The van der Waals surface area contributed by atoms with E-state index in [1.807, 2.05) is 60.6 Å². The minimum absolute atomic E-state index is 0.113. The van der Waals surface area contributed by atoms with Gasteiger partial charge in [-0.15, -0.1) is 0 Å². The van der Waals surface area contributed by atoms with Crippen LogP contribution in [0.15, 0.2) is 12.2 Å². The summed E-state index contributed by atoms with van der Waals surface area (Å²) in [5.74, 6) is -1.48. The van der Waals surface area contributed by atoms with Crippen molar-refractivity contribution in [1.29, 1.82) is 0 Å². The summed E-state index contributed by atoms with van der Waals surface area (Å²) in [7, 11) is 0. The van der Waals surface area contributed by atoms with E-state index in [0.29, 0.717) is 6.42 Å². The average Bonchev–Trinajstić information content (AvgIpc) is 2.18. The molecule has 0 saturated heterocycles. The Bertz CT molecular complexity index is 373. The van der Waals surface area contributed by atoms with E-state index in [9.17, 15) is 9.59 Å². The number of rotatable bonds is 5. The fraction of sp³-hybridized carbons (Fsp3) is 0.750. The third-order valence-electron chi connectivity index (χ3n) is 3.11. The zero-order chi connectivity index (χ0) is 16.1. The molecular weight excluding hydrogens is 252 g/mol. The monoisotopic (exact) mass is 282 g/mol. The normalized spacial score (nSPS) is 15.9. The van der Waals surface area contributed by atoms with Crippen molar-refractivity contribution in [3.63, 3.8) is 0 Å². The van der Waals surface area contributed by atoms with E-state index in [0.717, 1.165) is 0 Å². The summed E-state index contributed by atoms with van der Waals surface area (Å²) in [5, 5.41) is 2.97. The molecule has 0 rings (SSSR count). The number of nitrogens with one attached hydrogen (secondary N) is 1. The van der Waals surface area contributed by atoms with E-state index in [4.69, 9.17) is 5.73 Å². The largest absolute Gasteiger partial charge is 0.369 e. The first kappa shape index (κ1) is 18.7. The standard InChI is InChI=1S/C16H30N2O2/c1-8-9-10-11(13(17)19)12(15(2,3)4)14(20)18-16(5,6)7/h8-9,11-12H,10H2,1-7H3,(H2,17,19)(H,18,20)/b9-8+/t11-,12?/m0/s1. The molecule has 0 spiro atoms. The van der Waals surface area contributed by atoms with E-state index in [1.54, 1.807) is 0 Å². The lowest BCUT2D eigenvalue weighted by atomic mass is 9.70. The Morgan fingerprint density at radius 1 is 1.15 bits per heavy atom. The van der Waals surface area contributed by atoms with Crippen LogP contribution in [0.3, 0.4) is 0 Å². The molecule has 0 aliphatic heterocycles. The van der Waals surface area contributed by atoms with Crippen LogP contribution in [-0.4, -0.2) is 17.4 Å². The Balaban J connectivity index is 5.42. The van der Waals surface area contributed by atoms with Crippen LogP contribution in [0.1, 0.15) is 54.9 Å². The molecule has 0 radical (unpaired) electrons. The van der Waals surface area contributed by atoms with Gasteiger partial charge in [0.05, 0.1) is 11.8 Å². The molecule has 3 N–H and O–H groups in total. The summed E-state index contributed by atoms with van der Waals surface area (Å²) in [4.78, 5) is 24.3. The number of carbonyl (C=O) groups is 2. The molecule has 0 aliphatic carbocycles. The van der Waals surface area contributed by atoms with E-state index in [2.05, 4.69) is 5.32 Å². The van der Waals surface area contributed by atoms with Crippen LogP contribution >= 0.6 is 0 Å². The molecule has 0 bridgehead atoms. The first-order valence-electron chi connectivity index (χ1n) is 7.12. The van der Waals surface area contributed by atoms with E-state index < -0.39 is 17.7 Å². The SMILES string of the molecule is C/C=C/C[C@H](C(N)=O)C(C(=O)NC(C)(C)C)C(C)(C)C. The summed E-state index contributed by atoms with van der Waals surface area (Å²) in [5.41, 5.74) is 4.86. The summed E-state index contributed by atoms with van der Waals surface area (Å²) in [6.45, 7) is 13.6. The highest BCUT2D eigenvalue weighted by molar-refractivity contribution is 5.87. The van der Waals surface area contributed by atoms with Gasteiger partial charge in [-0.2, -0.15) is 0 Å². The van der Waals surface area contributed by atoms with Crippen LogP contribution in [0.4, 0.5) is 0 Å². The number of hydrogen-bond donors (Lipinski definition) is 2. The maximum absolute atomic E-state index is 12.6. The molecular formula is C16H30N2O2. The first-order valence-corrected chi connectivity index (χ1v) is 7.12. The molecule has 0 fully saturated rings. The van der Waals surface area contributed by atoms with Gasteiger partial charge in [-0.3, -0.25) is 9.59 Å². The molecule has 1 unspecified atom stereocenters. The van der Waals surface area contributed by atoms with Gasteiger partial charge in [0, 0.05) is 5.54 Å². The van der Waals surface area contributed by atoms with Gasteiger partial charge in [-0.25, -0.2) is 0 Å². The van der Waals surface area contributed by atoms with Gasteiger partial charge < -0.3 is 11.1 Å². The van der Waals surface area contributed by atoms with Crippen molar-refractivity contribution in [2.75, 3.05) is 0 Å². The predicted molar refractivity (Wildman–Crippen MR) is 83.0 cm³/mol. The van der Waals surface area contributed by atoms with Crippen molar-refractivity contribution in [3.8, 4) is 0 Å². The smallest absolute Gasteiger partial charge is 0.224 e. The average molecular weight is 282 g/mol. The second kappa shape index (κ2) is 6.91. The molecule has 2 amide bonds. The molecule has 0 saturated carbocycles. The van der Waals surface area contributed by atoms with Crippen LogP contribution in [0.2, 0.25) is 0 Å². The van der Waals surface area contributed by atoms with Gasteiger partial charge in [-0.1, -0.05) is 32.9 Å². The van der Waals surface area contributed by atoms with Gasteiger partial charge in [0.1, 0.15) is 0 Å². The molecule has 0 aliphatic rings. The zero-order valence-corrected chi connectivity index (χ0v) is 13.9. The van der Waals surface area contributed by atoms with Crippen molar-refractivity contribution >= 4 is 11.8 Å². The van der Waals surface area contributed by atoms with E-state index >= 15 is 0 Å². The number of hydrogen-bond acceptors (Lipinski definition) is 2. The second-order valence-corrected chi connectivity index (χ2v) is 7.40. The number of amides is 2. The third-order valence-corrected chi connectivity index (χ3v) is 3.11. The van der Waals surface area contributed by atoms with E-state index in [1.165, 1.54) is 0 Å². The summed E-state index contributed by atoms with van der Waals surface area (Å²) in [6.07, 6.45) is 4.25. The van der Waals surface area contributed by atoms with Crippen LogP contribution < -0.4 is 11.1 Å². The summed E-state index contributed by atoms with van der Waals surface area (Å²) in [6, 6.07) is 0. The highest BCUT2D eigenvalue weighted by Crippen LogP contribution is 2.34. The fourth-order valence-electron chi connectivity index (χ4n) is 2.33. The highest BCUT2D eigenvalue weighted by Gasteiger charge is 2.41. The van der Waals surface area contributed by atoms with Gasteiger partial charge in [0.15, 0.2) is 0 Å². The summed E-state index contributed by atoms with van der Waals surface area (Å²) < 4.78 is 0. The number of primary amides is 1. The van der Waals surface area contributed by atoms with Crippen LogP contribution in [0, 0.1) is 17.3 Å². The topological polar surface area (TPSA) is 72.2 Å². The van der Waals surface area contributed by atoms with Crippen molar-refractivity contribution in [2.24, 2.45) is 23.0 Å². The zero-order valence-electron chi connectivity index (χ0n) is 13.9. The molecule has 0 heterocycles. The molecule has 4 heteroatoms. The predicted octanol–water partition coefficient (Wildman–Crippen LogP) is 2.63. The third kappa shape index (κ3) is 6.22. The number of allylic oxidation sites excluding steroid dienone is 2. The maximum Gasteiger partial charge on any atom is 0.224 e. The molecule has 0 aromatic rings. The van der Waals surface area contributed by atoms with Gasteiger partial charge in [0.25, 0.3) is 0 Å². The summed E-state index contributed by atoms with van der Waals surface area (Å²) >= 11 is 0. The Morgan fingerprint density at radius 2 is 1.65 bits per heavy atom. The van der Waals surface area contributed by atoms with Crippen LogP contribution in [-0.2, 0) is 9.59 Å². The van der Waals surface area contributed by atoms with Crippen LogP contribution in [0.25, 0.3) is 0 Å². The number of nitrogens with two attached hydrogens (primary N) is 1. The molecule has 2 atom stereocenters. The molecule has 20 heavy (non-hydrogen) atoms. The number of carbonyl (C=O) groups excluding carboxylic acids is 2. The highest BCUT2D eigenvalue weighted by atomic mass is 16.2. The lowest BCUT2D eigenvalue weighted by Crippen LogP contribution is -2.51. The minimum atomic E-state index is -0.492. The molecule has 0 aromatic heterocycles. The van der Waals surface area contributed by atoms with Gasteiger partial charge in [-0.05, 0) is 39.5 Å². The minimum Gasteiger partial charge on any atom is -0.369 e.